The molecule has 0 amide bonds. The number of hydrogen-bond donors (Lipinski definition) is 2. The highest BCUT2D eigenvalue weighted by Gasteiger charge is 2.25. The Labute approximate surface area is 241 Å². The average molecular weight is 532 g/mol. The second-order valence-corrected chi connectivity index (χ2v) is 12.0. The van der Waals surface area contributed by atoms with Gasteiger partial charge in [-0.25, -0.2) is 0 Å². The van der Waals surface area contributed by atoms with Crippen LogP contribution in [0.15, 0.2) is 96.7 Å². The molecule has 0 saturated carbocycles. The number of aliphatic hydroxyl groups is 1. The lowest BCUT2D eigenvalue weighted by molar-refractivity contribution is 0.185. The molecule has 0 radical (unpaired) electrons. The third kappa shape index (κ3) is 12.5. The summed E-state index contributed by atoms with van der Waals surface area (Å²) in [4.78, 5) is 0. The van der Waals surface area contributed by atoms with Crippen LogP contribution < -0.4 is 5.32 Å². The number of benzene rings is 1. The number of aliphatic hydroxyl groups excluding tert-OH is 1. The van der Waals surface area contributed by atoms with E-state index in [1.807, 2.05) is 13.8 Å². The van der Waals surface area contributed by atoms with Crippen molar-refractivity contribution < 1.29 is 5.11 Å². The fourth-order valence-corrected chi connectivity index (χ4v) is 4.62. The minimum Gasteiger partial charge on any atom is -0.393 e. The molecule has 216 valence electrons. The maximum absolute atomic E-state index is 8.91. The van der Waals surface area contributed by atoms with E-state index in [0.717, 1.165) is 55.2 Å². The highest BCUT2D eigenvalue weighted by molar-refractivity contribution is 5.42. The largest absolute Gasteiger partial charge is 0.393 e. The van der Waals surface area contributed by atoms with Gasteiger partial charge in [-0.3, -0.25) is 0 Å². The molecule has 0 aliphatic heterocycles. The van der Waals surface area contributed by atoms with Gasteiger partial charge in [-0.05, 0) is 102 Å². The molecule has 0 aromatic heterocycles. The Hall–Kier alpha value is -2.42. The molecular formula is C37H57NO. The fourth-order valence-electron chi connectivity index (χ4n) is 4.62. The predicted octanol–water partition coefficient (Wildman–Crippen LogP) is 9.59. The second-order valence-electron chi connectivity index (χ2n) is 12.0. The molecule has 0 spiro atoms. The Morgan fingerprint density at radius 2 is 1.54 bits per heavy atom. The third-order valence-corrected chi connectivity index (χ3v) is 8.17. The average Bonchev–Trinajstić information content (AvgIpc) is 2.92. The standard InChI is InChI=1S/C28H41N.C9H16O/c1-8-23-10-15-25(16-11-23)28(5,6)26-17-12-24(13-18-26)14-20-27(29-7)19-9-22(4)21(2)3;1-7(2)8(3)5-6-9(4)10/h10,12-13,15-18,23,27,29H,2,4,8-9,11,14,19-20H2,1,3,5-7H3;9-10H,1,3,5-6H2,2,4H3. The molecule has 0 fully saturated rings. The van der Waals surface area contributed by atoms with E-state index in [1.165, 1.54) is 35.1 Å². The van der Waals surface area contributed by atoms with E-state index in [4.69, 9.17) is 5.11 Å². The van der Waals surface area contributed by atoms with Crippen LogP contribution >= 0.6 is 0 Å². The number of hydrogen-bond acceptors (Lipinski definition) is 2. The first kappa shape index (κ1) is 34.6. The molecule has 1 aliphatic rings. The maximum Gasteiger partial charge on any atom is 0.0515 e. The zero-order valence-electron chi connectivity index (χ0n) is 26.2. The van der Waals surface area contributed by atoms with Crippen molar-refractivity contribution in [2.45, 2.75) is 110 Å². The molecule has 0 heterocycles. The highest BCUT2D eigenvalue weighted by Crippen LogP contribution is 2.36. The molecule has 2 heteroatoms. The molecule has 2 rings (SSSR count). The van der Waals surface area contributed by atoms with Crippen LogP contribution in [0.3, 0.4) is 0 Å². The van der Waals surface area contributed by atoms with Crippen molar-refractivity contribution >= 4 is 0 Å². The van der Waals surface area contributed by atoms with Gasteiger partial charge in [0.05, 0.1) is 6.10 Å². The van der Waals surface area contributed by atoms with Gasteiger partial charge >= 0.3 is 0 Å². The predicted molar refractivity (Wildman–Crippen MR) is 174 cm³/mol. The van der Waals surface area contributed by atoms with Gasteiger partial charge in [0.15, 0.2) is 0 Å². The minimum absolute atomic E-state index is 0.0597. The Morgan fingerprint density at radius 1 is 0.974 bits per heavy atom. The summed E-state index contributed by atoms with van der Waals surface area (Å²) in [7, 11) is 2.06. The minimum atomic E-state index is -0.226. The summed E-state index contributed by atoms with van der Waals surface area (Å²) in [6.07, 6.45) is 15.4. The van der Waals surface area contributed by atoms with Gasteiger partial charge < -0.3 is 10.4 Å². The SMILES string of the molecule is C=C(C)C(=C)CCC(C)O.C=C(C)C(=C)CCC(CCc1ccc(C(C)(C)C2=CCC(CC)C=C2)cc1)NC. The molecule has 2 nitrogen and oxygen atoms in total. The van der Waals surface area contributed by atoms with Crippen LogP contribution in [0.1, 0.15) is 97.6 Å². The molecular weight excluding hydrogens is 474 g/mol. The first-order valence-corrected chi connectivity index (χ1v) is 14.8. The summed E-state index contributed by atoms with van der Waals surface area (Å²) in [5.74, 6) is 0.713. The summed E-state index contributed by atoms with van der Waals surface area (Å²) in [5, 5.41) is 12.4. The number of rotatable bonds is 15. The Morgan fingerprint density at radius 3 is 1.97 bits per heavy atom. The fraction of sp³-hybridized carbons (Fsp3) is 0.514. The lowest BCUT2D eigenvalue weighted by Gasteiger charge is -2.30. The van der Waals surface area contributed by atoms with Crippen LogP contribution in [0.25, 0.3) is 0 Å². The van der Waals surface area contributed by atoms with Gasteiger partial charge in [-0.15, -0.1) is 0 Å². The molecule has 1 aliphatic carbocycles. The summed E-state index contributed by atoms with van der Waals surface area (Å²) in [6.45, 7) is 28.4. The van der Waals surface area contributed by atoms with E-state index in [1.54, 1.807) is 6.92 Å². The summed E-state index contributed by atoms with van der Waals surface area (Å²) in [6, 6.07) is 9.81. The van der Waals surface area contributed by atoms with Crippen LogP contribution in [-0.4, -0.2) is 24.3 Å². The normalized spacial score (nSPS) is 16.4. The van der Waals surface area contributed by atoms with Gasteiger partial charge in [-0.2, -0.15) is 0 Å². The van der Waals surface area contributed by atoms with Crippen LogP contribution in [0.5, 0.6) is 0 Å². The van der Waals surface area contributed by atoms with Crippen molar-refractivity contribution in [3.05, 3.63) is 108 Å². The Balaban J connectivity index is 0.000000646. The Kier molecular flexibility index (Phi) is 15.4. The van der Waals surface area contributed by atoms with E-state index >= 15 is 0 Å². The zero-order chi connectivity index (χ0) is 29.6. The van der Waals surface area contributed by atoms with Crippen LogP contribution in [-0.2, 0) is 11.8 Å². The lowest BCUT2D eigenvalue weighted by atomic mass is 9.74. The van der Waals surface area contributed by atoms with Crippen LogP contribution in [0, 0.1) is 5.92 Å². The van der Waals surface area contributed by atoms with Crippen molar-refractivity contribution in [2.24, 2.45) is 5.92 Å². The Bertz CT molecular complexity index is 1000. The van der Waals surface area contributed by atoms with Crippen molar-refractivity contribution in [2.75, 3.05) is 7.05 Å². The smallest absolute Gasteiger partial charge is 0.0515 e. The van der Waals surface area contributed by atoms with Gasteiger partial charge in [0.1, 0.15) is 0 Å². The molecule has 3 atom stereocenters. The molecule has 0 bridgehead atoms. The lowest BCUT2D eigenvalue weighted by Crippen LogP contribution is -2.26. The number of allylic oxidation sites excluding steroid dienone is 8. The zero-order valence-corrected chi connectivity index (χ0v) is 26.2. The number of aryl methyl sites for hydroxylation is 1. The summed E-state index contributed by atoms with van der Waals surface area (Å²) < 4.78 is 0. The number of nitrogens with one attached hydrogen (secondary N) is 1. The molecule has 1 aromatic rings. The van der Waals surface area contributed by atoms with Crippen LogP contribution in [0.4, 0.5) is 0 Å². The van der Waals surface area contributed by atoms with Crippen molar-refractivity contribution in [3.63, 3.8) is 0 Å². The first-order valence-electron chi connectivity index (χ1n) is 14.8. The van der Waals surface area contributed by atoms with Gasteiger partial charge in [0.2, 0.25) is 0 Å². The van der Waals surface area contributed by atoms with Crippen molar-refractivity contribution in [1.29, 1.82) is 0 Å². The third-order valence-electron chi connectivity index (χ3n) is 8.17. The van der Waals surface area contributed by atoms with Gasteiger partial charge in [-0.1, -0.05) is 112 Å². The second kappa shape index (κ2) is 17.3. The molecule has 3 unspecified atom stereocenters. The topological polar surface area (TPSA) is 32.3 Å². The molecule has 2 N–H and O–H groups in total. The van der Waals surface area contributed by atoms with Gasteiger partial charge in [0, 0.05) is 11.5 Å². The van der Waals surface area contributed by atoms with E-state index in [2.05, 4.69) is 102 Å². The molecule has 0 saturated heterocycles. The highest BCUT2D eigenvalue weighted by atomic mass is 16.3. The molecule has 1 aromatic carbocycles. The van der Waals surface area contributed by atoms with E-state index in [0.29, 0.717) is 12.0 Å². The van der Waals surface area contributed by atoms with E-state index in [-0.39, 0.29) is 11.5 Å². The van der Waals surface area contributed by atoms with E-state index < -0.39 is 0 Å². The van der Waals surface area contributed by atoms with Crippen LogP contribution in [0.2, 0.25) is 0 Å². The van der Waals surface area contributed by atoms with Crippen molar-refractivity contribution in [1.82, 2.24) is 5.32 Å². The summed E-state index contributed by atoms with van der Waals surface area (Å²) in [5.41, 5.74) is 8.66. The quantitative estimate of drug-likeness (QED) is 0.221. The monoisotopic (exact) mass is 531 g/mol. The maximum atomic E-state index is 8.91. The molecule has 39 heavy (non-hydrogen) atoms. The van der Waals surface area contributed by atoms with E-state index in [9.17, 15) is 0 Å². The van der Waals surface area contributed by atoms with Gasteiger partial charge in [0.25, 0.3) is 0 Å². The first-order chi connectivity index (χ1) is 18.3. The summed E-state index contributed by atoms with van der Waals surface area (Å²) >= 11 is 0. The van der Waals surface area contributed by atoms with Crippen molar-refractivity contribution in [3.8, 4) is 0 Å².